The minimum Gasteiger partial charge on any atom is -0.377 e. The molecule has 2 aromatic carbocycles. The van der Waals surface area contributed by atoms with Crippen molar-refractivity contribution in [2.24, 2.45) is 0 Å². The van der Waals surface area contributed by atoms with Crippen molar-refractivity contribution in [3.05, 3.63) is 59.7 Å². The quantitative estimate of drug-likeness (QED) is 0.892. The van der Waals surface area contributed by atoms with E-state index in [0.717, 1.165) is 11.3 Å². The van der Waals surface area contributed by atoms with Gasteiger partial charge in [-0.15, -0.1) is 0 Å². The molecule has 5 heteroatoms. The molecule has 0 saturated heterocycles. The number of hydrogen-bond donors (Lipinski definition) is 2. The van der Waals surface area contributed by atoms with Crippen LogP contribution in [-0.4, -0.2) is 25.9 Å². The van der Waals surface area contributed by atoms with Crippen molar-refractivity contribution in [1.82, 2.24) is 5.32 Å². The van der Waals surface area contributed by atoms with Gasteiger partial charge in [-0.3, -0.25) is 9.59 Å². The summed E-state index contributed by atoms with van der Waals surface area (Å²) < 4.78 is 0. The number of hydrogen-bond acceptors (Lipinski definition) is 3. The van der Waals surface area contributed by atoms with Gasteiger partial charge in [0.2, 0.25) is 5.91 Å². The van der Waals surface area contributed by atoms with Gasteiger partial charge in [0.15, 0.2) is 0 Å². The zero-order valence-corrected chi connectivity index (χ0v) is 13.6. The van der Waals surface area contributed by atoms with Gasteiger partial charge in [-0.2, -0.15) is 0 Å². The highest BCUT2D eigenvalue weighted by Gasteiger charge is 2.14. The van der Waals surface area contributed by atoms with Crippen molar-refractivity contribution in [2.45, 2.75) is 13.5 Å². The first-order valence-corrected chi connectivity index (χ1v) is 7.38. The molecule has 0 aliphatic carbocycles. The van der Waals surface area contributed by atoms with Crippen molar-refractivity contribution >= 4 is 23.2 Å². The predicted octanol–water partition coefficient (Wildman–Crippen LogP) is 2.64. The molecule has 0 aliphatic heterocycles. The van der Waals surface area contributed by atoms with Crippen LogP contribution in [-0.2, 0) is 11.3 Å². The zero-order valence-electron chi connectivity index (χ0n) is 13.6. The van der Waals surface area contributed by atoms with Crippen molar-refractivity contribution in [3.8, 4) is 0 Å². The Labute approximate surface area is 136 Å². The maximum atomic E-state index is 12.5. The van der Waals surface area contributed by atoms with Crippen molar-refractivity contribution in [1.29, 1.82) is 0 Å². The molecule has 2 aromatic rings. The highest BCUT2D eigenvalue weighted by Crippen LogP contribution is 2.23. The Hall–Kier alpha value is -2.82. The summed E-state index contributed by atoms with van der Waals surface area (Å²) in [5.41, 5.74) is 2.96. The fraction of sp³-hybridized carbons (Fsp3) is 0.222. The third kappa shape index (κ3) is 4.57. The first-order chi connectivity index (χ1) is 11.0. The average molecular weight is 311 g/mol. The zero-order chi connectivity index (χ0) is 16.8. The molecule has 120 valence electrons. The van der Waals surface area contributed by atoms with E-state index in [9.17, 15) is 9.59 Å². The molecular weight excluding hydrogens is 290 g/mol. The van der Waals surface area contributed by atoms with E-state index < -0.39 is 0 Å². The van der Waals surface area contributed by atoms with Crippen molar-refractivity contribution < 1.29 is 9.59 Å². The number of rotatable bonds is 5. The molecule has 2 amide bonds. The van der Waals surface area contributed by atoms with E-state index in [0.29, 0.717) is 17.8 Å². The predicted molar refractivity (Wildman–Crippen MR) is 92.7 cm³/mol. The van der Waals surface area contributed by atoms with E-state index in [-0.39, 0.29) is 11.8 Å². The van der Waals surface area contributed by atoms with E-state index in [4.69, 9.17) is 0 Å². The Bertz CT molecular complexity index is 697. The molecule has 0 spiro atoms. The van der Waals surface area contributed by atoms with Gasteiger partial charge in [0.05, 0.1) is 5.56 Å². The first-order valence-electron chi connectivity index (χ1n) is 7.38. The Morgan fingerprint density at radius 1 is 1.04 bits per heavy atom. The van der Waals surface area contributed by atoms with E-state index in [1.807, 2.05) is 55.4 Å². The fourth-order valence-corrected chi connectivity index (χ4v) is 2.26. The lowest BCUT2D eigenvalue weighted by molar-refractivity contribution is -0.114. The van der Waals surface area contributed by atoms with Crippen LogP contribution >= 0.6 is 0 Å². The minimum absolute atomic E-state index is 0.168. The lowest BCUT2D eigenvalue weighted by Crippen LogP contribution is -2.25. The first kappa shape index (κ1) is 16.5. The molecule has 0 fully saturated rings. The van der Waals surface area contributed by atoms with E-state index in [2.05, 4.69) is 10.6 Å². The number of benzene rings is 2. The molecule has 0 bridgehead atoms. The Morgan fingerprint density at radius 3 is 2.35 bits per heavy atom. The van der Waals surface area contributed by atoms with E-state index in [1.54, 1.807) is 12.1 Å². The normalized spacial score (nSPS) is 10.0. The van der Waals surface area contributed by atoms with Gasteiger partial charge in [0, 0.05) is 38.9 Å². The standard InChI is InChI=1S/C18H21N3O2/c1-13(22)20-15-9-10-17(21(2)3)16(11-15)18(23)19-12-14-7-5-4-6-8-14/h4-11H,12H2,1-3H3,(H,19,23)(H,20,22). The maximum absolute atomic E-state index is 12.5. The smallest absolute Gasteiger partial charge is 0.253 e. The van der Waals surface area contributed by atoms with Crippen LogP contribution in [0.3, 0.4) is 0 Å². The largest absolute Gasteiger partial charge is 0.377 e. The summed E-state index contributed by atoms with van der Waals surface area (Å²) >= 11 is 0. The number of carbonyl (C=O) groups is 2. The van der Waals surface area contributed by atoms with Gasteiger partial charge in [-0.25, -0.2) is 0 Å². The molecule has 0 radical (unpaired) electrons. The molecule has 23 heavy (non-hydrogen) atoms. The summed E-state index contributed by atoms with van der Waals surface area (Å²) in [6.45, 7) is 1.89. The fourth-order valence-electron chi connectivity index (χ4n) is 2.26. The molecule has 5 nitrogen and oxygen atoms in total. The Balaban J connectivity index is 2.20. The molecule has 0 atom stereocenters. The number of carbonyl (C=O) groups excluding carboxylic acids is 2. The molecule has 2 rings (SSSR count). The monoisotopic (exact) mass is 311 g/mol. The summed E-state index contributed by atoms with van der Waals surface area (Å²) in [7, 11) is 3.75. The van der Waals surface area contributed by atoms with Gasteiger partial charge in [0.25, 0.3) is 5.91 Å². The summed E-state index contributed by atoms with van der Waals surface area (Å²) in [6, 6.07) is 15.0. The van der Waals surface area contributed by atoms with E-state index in [1.165, 1.54) is 6.92 Å². The molecule has 0 aromatic heterocycles. The van der Waals surface area contributed by atoms with Crippen LogP contribution in [0.25, 0.3) is 0 Å². The molecule has 0 aliphatic rings. The van der Waals surface area contributed by atoms with Crippen LogP contribution in [0.15, 0.2) is 48.5 Å². The lowest BCUT2D eigenvalue weighted by atomic mass is 10.1. The van der Waals surface area contributed by atoms with Crippen LogP contribution in [0, 0.1) is 0 Å². The van der Waals surface area contributed by atoms with Crippen LogP contribution in [0.4, 0.5) is 11.4 Å². The molecule has 0 heterocycles. The minimum atomic E-state index is -0.176. The van der Waals surface area contributed by atoms with Crippen molar-refractivity contribution in [2.75, 3.05) is 24.3 Å². The van der Waals surface area contributed by atoms with Gasteiger partial charge in [-0.1, -0.05) is 30.3 Å². The summed E-state index contributed by atoms with van der Waals surface area (Å²) in [5.74, 6) is -0.344. The number of nitrogens with one attached hydrogen (secondary N) is 2. The SMILES string of the molecule is CC(=O)Nc1ccc(N(C)C)c(C(=O)NCc2ccccc2)c1. The lowest BCUT2D eigenvalue weighted by Gasteiger charge is -2.18. The second-order valence-electron chi connectivity index (χ2n) is 5.48. The number of nitrogens with zero attached hydrogens (tertiary/aromatic N) is 1. The van der Waals surface area contributed by atoms with Crippen LogP contribution < -0.4 is 15.5 Å². The highest BCUT2D eigenvalue weighted by atomic mass is 16.2. The summed E-state index contributed by atoms with van der Waals surface area (Å²) in [6.07, 6.45) is 0. The second kappa shape index (κ2) is 7.45. The summed E-state index contributed by atoms with van der Waals surface area (Å²) in [5, 5.41) is 5.62. The Morgan fingerprint density at radius 2 is 1.74 bits per heavy atom. The number of amides is 2. The Kier molecular flexibility index (Phi) is 5.36. The maximum Gasteiger partial charge on any atom is 0.253 e. The third-order valence-electron chi connectivity index (χ3n) is 3.34. The van der Waals surface area contributed by atoms with Gasteiger partial charge < -0.3 is 15.5 Å². The van der Waals surface area contributed by atoms with Gasteiger partial charge in [0.1, 0.15) is 0 Å². The average Bonchev–Trinajstić information content (AvgIpc) is 2.52. The van der Waals surface area contributed by atoms with Crippen LogP contribution in [0.5, 0.6) is 0 Å². The number of anilines is 2. The molecular formula is C18H21N3O2. The van der Waals surface area contributed by atoms with Crippen LogP contribution in [0.1, 0.15) is 22.8 Å². The van der Waals surface area contributed by atoms with Crippen molar-refractivity contribution in [3.63, 3.8) is 0 Å². The van der Waals surface area contributed by atoms with Gasteiger partial charge in [-0.05, 0) is 23.8 Å². The molecule has 2 N–H and O–H groups in total. The third-order valence-corrected chi connectivity index (χ3v) is 3.34. The van der Waals surface area contributed by atoms with E-state index >= 15 is 0 Å². The second-order valence-corrected chi connectivity index (χ2v) is 5.48. The van der Waals surface area contributed by atoms with Gasteiger partial charge >= 0.3 is 0 Å². The molecule has 0 saturated carbocycles. The topological polar surface area (TPSA) is 61.4 Å². The summed E-state index contributed by atoms with van der Waals surface area (Å²) in [4.78, 5) is 25.6. The van der Waals surface area contributed by atoms with Crippen LogP contribution in [0.2, 0.25) is 0 Å². The molecule has 0 unspecified atom stereocenters. The highest BCUT2D eigenvalue weighted by molar-refractivity contribution is 6.01.